The molecule has 21 heavy (non-hydrogen) atoms. The summed E-state index contributed by atoms with van der Waals surface area (Å²) in [6, 6.07) is 16.8. The van der Waals surface area contributed by atoms with Crippen molar-refractivity contribution in [2.24, 2.45) is 5.10 Å². The second kappa shape index (κ2) is 7.24. The molecule has 0 atom stereocenters. The molecule has 4 nitrogen and oxygen atoms in total. The maximum atomic E-state index is 12.0. The lowest BCUT2D eigenvalue weighted by Gasteiger charge is -2.05. The smallest absolute Gasteiger partial charge is 0.271 e. The highest BCUT2D eigenvalue weighted by Gasteiger charge is 2.05. The van der Waals surface area contributed by atoms with Crippen molar-refractivity contribution in [3.8, 4) is 0 Å². The van der Waals surface area contributed by atoms with E-state index in [-0.39, 0.29) is 5.91 Å². The molecule has 1 amide bonds. The molecule has 2 aromatic rings. The zero-order valence-electron chi connectivity index (χ0n) is 12.0. The highest BCUT2D eigenvalue weighted by atomic mass is 16.2. The summed E-state index contributed by atoms with van der Waals surface area (Å²) in [6.45, 7) is 2.02. The fraction of sp³-hybridized carbons (Fsp3) is 0.176. The van der Waals surface area contributed by atoms with Gasteiger partial charge in [0.25, 0.3) is 5.91 Å². The van der Waals surface area contributed by atoms with Crippen molar-refractivity contribution in [1.82, 2.24) is 5.43 Å². The lowest BCUT2D eigenvalue weighted by molar-refractivity contribution is 0.0954. The number of nitrogens with zero attached hydrogens (tertiary/aromatic N) is 1. The summed E-state index contributed by atoms with van der Waals surface area (Å²) >= 11 is 0. The minimum atomic E-state index is -0.228. The molecule has 0 spiro atoms. The van der Waals surface area contributed by atoms with E-state index in [0.717, 1.165) is 18.6 Å². The van der Waals surface area contributed by atoms with Crippen molar-refractivity contribution in [3.63, 3.8) is 0 Å². The highest BCUT2D eigenvalue weighted by Crippen LogP contribution is 2.06. The lowest BCUT2D eigenvalue weighted by Crippen LogP contribution is -2.20. The molecule has 0 heterocycles. The van der Waals surface area contributed by atoms with Gasteiger partial charge < -0.3 is 5.73 Å². The van der Waals surface area contributed by atoms with E-state index in [1.165, 1.54) is 5.56 Å². The van der Waals surface area contributed by atoms with Gasteiger partial charge in [0.1, 0.15) is 0 Å². The van der Waals surface area contributed by atoms with E-state index < -0.39 is 0 Å². The van der Waals surface area contributed by atoms with E-state index in [1.54, 1.807) is 24.3 Å². The minimum Gasteiger partial charge on any atom is -0.399 e. The Morgan fingerprint density at radius 1 is 1.10 bits per heavy atom. The number of nitrogen functional groups attached to an aromatic ring is 1. The van der Waals surface area contributed by atoms with E-state index >= 15 is 0 Å². The maximum Gasteiger partial charge on any atom is 0.271 e. The molecule has 2 aromatic carbocycles. The van der Waals surface area contributed by atoms with E-state index in [9.17, 15) is 4.79 Å². The number of carbonyl (C=O) groups is 1. The third kappa shape index (κ3) is 4.45. The van der Waals surface area contributed by atoms with E-state index in [1.807, 2.05) is 37.3 Å². The third-order valence-electron chi connectivity index (χ3n) is 3.15. The predicted octanol–water partition coefficient (Wildman–Crippen LogP) is 3.01. The van der Waals surface area contributed by atoms with Gasteiger partial charge in [-0.15, -0.1) is 0 Å². The molecule has 2 rings (SSSR count). The second-order valence-corrected chi connectivity index (χ2v) is 4.76. The molecule has 0 fully saturated rings. The van der Waals surface area contributed by atoms with Crippen molar-refractivity contribution in [3.05, 3.63) is 65.7 Å². The summed E-state index contributed by atoms with van der Waals surface area (Å²) in [7, 11) is 0. The number of carbonyl (C=O) groups excluding carboxylic acids is 1. The molecule has 4 heteroatoms. The van der Waals surface area contributed by atoms with Crippen LogP contribution in [0.3, 0.4) is 0 Å². The summed E-state index contributed by atoms with van der Waals surface area (Å²) in [4.78, 5) is 12.0. The molecule has 108 valence electrons. The Labute approximate surface area is 124 Å². The number of anilines is 1. The monoisotopic (exact) mass is 281 g/mol. The Kier molecular flexibility index (Phi) is 5.10. The van der Waals surface area contributed by atoms with Crippen LogP contribution in [0.2, 0.25) is 0 Å². The number of hydrogen-bond donors (Lipinski definition) is 2. The molecule has 0 saturated heterocycles. The van der Waals surface area contributed by atoms with Crippen LogP contribution < -0.4 is 11.2 Å². The average Bonchev–Trinajstić information content (AvgIpc) is 2.52. The first-order chi connectivity index (χ1) is 10.2. The van der Waals surface area contributed by atoms with Gasteiger partial charge in [-0.1, -0.05) is 37.3 Å². The Morgan fingerprint density at radius 3 is 2.38 bits per heavy atom. The van der Waals surface area contributed by atoms with Crippen molar-refractivity contribution in [1.29, 1.82) is 0 Å². The molecular weight excluding hydrogens is 262 g/mol. The van der Waals surface area contributed by atoms with Crippen LogP contribution in [0.1, 0.15) is 29.3 Å². The van der Waals surface area contributed by atoms with Crippen molar-refractivity contribution >= 4 is 17.3 Å². The van der Waals surface area contributed by atoms with Gasteiger partial charge in [0.05, 0.1) is 0 Å². The van der Waals surface area contributed by atoms with Gasteiger partial charge in [-0.3, -0.25) is 4.79 Å². The van der Waals surface area contributed by atoms with E-state index in [2.05, 4.69) is 10.5 Å². The van der Waals surface area contributed by atoms with Crippen LogP contribution in [0.4, 0.5) is 5.69 Å². The lowest BCUT2D eigenvalue weighted by atomic mass is 10.1. The number of hydrazone groups is 1. The summed E-state index contributed by atoms with van der Waals surface area (Å²) in [5, 5.41) is 4.22. The Bertz CT molecular complexity index is 618. The summed E-state index contributed by atoms with van der Waals surface area (Å²) < 4.78 is 0. The minimum absolute atomic E-state index is 0.228. The van der Waals surface area contributed by atoms with Crippen LogP contribution in [0.25, 0.3) is 0 Å². The summed E-state index contributed by atoms with van der Waals surface area (Å²) in [5.74, 6) is -0.228. The van der Waals surface area contributed by atoms with Crippen LogP contribution >= 0.6 is 0 Å². The number of nitrogens with two attached hydrogens (primary N) is 1. The van der Waals surface area contributed by atoms with Crippen LogP contribution in [-0.4, -0.2) is 11.6 Å². The molecule has 0 aromatic heterocycles. The fourth-order valence-corrected chi connectivity index (χ4v) is 1.90. The van der Waals surface area contributed by atoms with Gasteiger partial charge in [-0.2, -0.15) is 5.10 Å². The van der Waals surface area contributed by atoms with Gasteiger partial charge in [0, 0.05) is 23.4 Å². The standard InChI is InChI=1S/C17H19N3O/c1-2-16(12-13-6-4-3-5-7-13)19-20-17(21)14-8-10-15(18)11-9-14/h3-11H,2,12,18H2,1H3,(H,20,21). The van der Waals surface area contributed by atoms with Crippen LogP contribution in [0.15, 0.2) is 59.7 Å². The molecule has 0 aliphatic carbocycles. The molecule has 3 N–H and O–H groups in total. The van der Waals surface area contributed by atoms with E-state index in [0.29, 0.717) is 11.3 Å². The SMILES string of the molecule is CCC(Cc1ccccc1)=NNC(=O)c1ccc(N)cc1. The average molecular weight is 281 g/mol. The number of amides is 1. The maximum absolute atomic E-state index is 12.0. The van der Waals surface area contributed by atoms with Gasteiger partial charge >= 0.3 is 0 Å². The molecule has 0 bridgehead atoms. The summed E-state index contributed by atoms with van der Waals surface area (Å²) in [5.41, 5.74) is 11.5. The third-order valence-corrected chi connectivity index (χ3v) is 3.15. The highest BCUT2D eigenvalue weighted by molar-refractivity contribution is 5.96. The topological polar surface area (TPSA) is 67.5 Å². The molecule has 0 aliphatic rings. The molecule has 0 saturated carbocycles. The zero-order valence-corrected chi connectivity index (χ0v) is 12.0. The number of benzene rings is 2. The van der Waals surface area contributed by atoms with Crippen molar-refractivity contribution in [2.75, 3.05) is 5.73 Å². The predicted molar refractivity (Wildman–Crippen MR) is 86.2 cm³/mol. The molecule has 0 aliphatic heterocycles. The van der Waals surface area contributed by atoms with Crippen molar-refractivity contribution in [2.45, 2.75) is 19.8 Å². The first-order valence-electron chi connectivity index (χ1n) is 6.94. The summed E-state index contributed by atoms with van der Waals surface area (Å²) in [6.07, 6.45) is 1.52. The van der Waals surface area contributed by atoms with Gasteiger partial charge in [-0.25, -0.2) is 5.43 Å². The van der Waals surface area contributed by atoms with Crippen LogP contribution in [0.5, 0.6) is 0 Å². The number of nitrogens with one attached hydrogen (secondary N) is 1. The van der Waals surface area contributed by atoms with Gasteiger partial charge in [0.15, 0.2) is 0 Å². The van der Waals surface area contributed by atoms with E-state index in [4.69, 9.17) is 5.73 Å². The number of hydrogen-bond acceptors (Lipinski definition) is 3. The first kappa shape index (κ1) is 14.8. The Hall–Kier alpha value is -2.62. The van der Waals surface area contributed by atoms with Gasteiger partial charge in [0.2, 0.25) is 0 Å². The Morgan fingerprint density at radius 2 is 1.76 bits per heavy atom. The van der Waals surface area contributed by atoms with Crippen LogP contribution in [-0.2, 0) is 6.42 Å². The molecule has 0 radical (unpaired) electrons. The fourth-order valence-electron chi connectivity index (χ4n) is 1.90. The second-order valence-electron chi connectivity index (χ2n) is 4.76. The van der Waals surface area contributed by atoms with Crippen molar-refractivity contribution < 1.29 is 4.79 Å². The molecular formula is C17H19N3O. The first-order valence-corrected chi connectivity index (χ1v) is 6.94. The number of rotatable bonds is 5. The Balaban J connectivity index is 2.00. The zero-order chi connectivity index (χ0) is 15.1. The molecule has 0 unspecified atom stereocenters. The van der Waals surface area contributed by atoms with Gasteiger partial charge in [-0.05, 0) is 36.2 Å². The quantitative estimate of drug-likeness (QED) is 0.502. The largest absolute Gasteiger partial charge is 0.399 e. The van der Waals surface area contributed by atoms with Crippen LogP contribution in [0, 0.1) is 0 Å². The normalized spacial score (nSPS) is 11.2.